The number of hydrogen-bond donors (Lipinski definition) is 0. The molecule has 0 amide bonds. The van der Waals surface area contributed by atoms with Gasteiger partial charge in [-0.25, -0.2) is 14.2 Å². The maximum absolute atomic E-state index is 14.0. The van der Waals surface area contributed by atoms with E-state index in [0.717, 1.165) is 5.56 Å². The number of rotatable bonds is 8. The lowest BCUT2D eigenvalue weighted by molar-refractivity contribution is -0.136. The van der Waals surface area contributed by atoms with Crippen LogP contribution in [0.2, 0.25) is 0 Å². The van der Waals surface area contributed by atoms with Crippen molar-refractivity contribution in [1.29, 1.82) is 0 Å². The number of hydrogen-bond acceptors (Lipinski definition) is 7. The van der Waals surface area contributed by atoms with E-state index >= 15 is 0 Å². The van der Waals surface area contributed by atoms with E-state index in [0.29, 0.717) is 49.8 Å². The highest BCUT2D eigenvalue weighted by Crippen LogP contribution is 2.31. The molecule has 4 aromatic rings. The zero-order chi connectivity index (χ0) is 28.2. The predicted octanol–water partition coefficient (Wildman–Crippen LogP) is 4.53. The van der Waals surface area contributed by atoms with E-state index < -0.39 is 12.0 Å². The van der Waals surface area contributed by atoms with Crippen LogP contribution >= 0.6 is 11.3 Å². The minimum Gasteiger partial charge on any atom is -0.490 e. The molecule has 1 atom stereocenters. The Hall–Kier alpha value is -4.50. The van der Waals surface area contributed by atoms with Crippen LogP contribution < -0.4 is 24.4 Å². The molecule has 1 unspecified atom stereocenters. The molecule has 2 heterocycles. The van der Waals surface area contributed by atoms with Crippen LogP contribution in [0.1, 0.15) is 36.6 Å². The molecule has 7 nitrogen and oxygen atoms in total. The maximum Gasteiger partial charge on any atom is 0.338 e. The number of methoxy groups -OCH3 is 1. The van der Waals surface area contributed by atoms with Crippen molar-refractivity contribution in [2.75, 3.05) is 13.7 Å². The van der Waals surface area contributed by atoms with Crippen molar-refractivity contribution in [3.8, 4) is 11.5 Å². The number of nitrogens with zero attached hydrogens (tertiary/aromatic N) is 2. The molecular formula is C31H27FN2O5S. The Balaban J connectivity index is 1.55. The number of carbonyl (C=O) groups excluding carboxylic acids is 1. The van der Waals surface area contributed by atoms with Crippen LogP contribution in [0.5, 0.6) is 11.5 Å². The Bertz CT molecular complexity index is 1780. The van der Waals surface area contributed by atoms with E-state index in [-0.39, 0.29) is 18.0 Å². The van der Waals surface area contributed by atoms with Gasteiger partial charge in [-0.2, -0.15) is 0 Å². The van der Waals surface area contributed by atoms with Crippen LogP contribution in [-0.2, 0) is 16.1 Å². The van der Waals surface area contributed by atoms with Crippen LogP contribution in [-0.4, -0.2) is 24.3 Å². The standard InChI is InChI=1S/C31H27FN2O5S/c1-4-38-25-16-20(14-15-24(25)39-18-22-12-8-9-13-23(22)32)17-26-29(35)34-28(21-10-6-5-7-11-21)27(30(36)37-3)19(2)33-31(34)40-26/h5-17,28H,4,18H2,1-3H3. The van der Waals surface area contributed by atoms with Crippen molar-refractivity contribution in [2.45, 2.75) is 26.5 Å². The molecule has 0 fully saturated rings. The Morgan fingerprint density at radius 1 is 1.05 bits per heavy atom. The molecule has 40 heavy (non-hydrogen) atoms. The molecule has 1 aliphatic rings. The van der Waals surface area contributed by atoms with Crippen molar-refractivity contribution in [3.63, 3.8) is 0 Å². The van der Waals surface area contributed by atoms with Gasteiger partial charge in [0.2, 0.25) is 0 Å². The fourth-order valence-corrected chi connectivity index (χ4v) is 5.61. The molecule has 1 aliphatic heterocycles. The first-order valence-electron chi connectivity index (χ1n) is 12.7. The van der Waals surface area contributed by atoms with Crippen LogP contribution in [0.15, 0.2) is 93.9 Å². The third-order valence-corrected chi connectivity index (χ3v) is 7.43. The van der Waals surface area contributed by atoms with Crippen LogP contribution in [0.4, 0.5) is 4.39 Å². The molecule has 0 aliphatic carbocycles. The van der Waals surface area contributed by atoms with E-state index in [1.54, 1.807) is 54.0 Å². The molecule has 0 spiro atoms. The van der Waals surface area contributed by atoms with E-state index in [9.17, 15) is 14.0 Å². The molecule has 0 saturated carbocycles. The highest BCUT2D eigenvalue weighted by atomic mass is 32.1. The highest BCUT2D eigenvalue weighted by molar-refractivity contribution is 7.07. The molecule has 3 aromatic carbocycles. The zero-order valence-corrected chi connectivity index (χ0v) is 23.0. The van der Waals surface area contributed by atoms with E-state index in [4.69, 9.17) is 14.2 Å². The SMILES string of the molecule is CCOc1cc(C=c2sc3n(c2=O)C(c2ccccc2)C(C(=O)OC)=C(C)N=3)ccc1OCc1ccccc1F. The van der Waals surface area contributed by atoms with Gasteiger partial charge in [0.1, 0.15) is 12.4 Å². The first-order valence-corrected chi connectivity index (χ1v) is 13.5. The van der Waals surface area contributed by atoms with Crippen molar-refractivity contribution < 1.29 is 23.4 Å². The molecule has 204 valence electrons. The van der Waals surface area contributed by atoms with Gasteiger partial charge >= 0.3 is 5.97 Å². The van der Waals surface area contributed by atoms with Crippen LogP contribution in [0, 0.1) is 5.82 Å². The third-order valence-electron chi connectivity index (χ3n) is 6.45. The van der Waals surface area contributed by atoms with Gasteiger partial charge in [-0.1, -0.05) is 65.9 Å². The number of aromatic nitrogens is 1. The summed E-state index contributed by atoms with van der Waals surface area (Å²) >= 11 is 1.24. The summed E-state index contributed by atoms with van der Waals surface area (Å²) < 4.78 is 32.7. The molecule has 5 rings (SSSR count). The van der Waals surface area contributed by atoms with E-state index in [1.807, 2.05) is 37.3 Å². The molecule has 0 N–H and O–H groups in total. The minimum absolute atomic E-state index is 0.0477. The molecule has 9 heteroatoms. The van der Waals surface area contributed by atoms with Crippen molar-refractivity contribution in [3.05, 3.63) is 126 Å². The Morgan fingerprint density at radius 3 is 2.52 bits per heavy atom. The molecule has 0 bridgehead atoms. The first-order chi connectivity index (χ1) is 19.4. The predicted molar refractivity (Wildman–Crippen MR) is 151 cm³/mol. The Morgan fingerprint density at radius 2 is 1.80 bits per heavy atom. The highest BCUT2D eigenvalue weighted by Gasteiger charge is 2.32. The molecular weight excluding hydrogens is 531 g/mol. The number of halogens is 1. The fourth-order valence-electron chi connectivity index (χ4n) is 4.57. The summed E-state index contributed by atoms with van der Waals surface area (Å²) in [6, 6.07) is 20.4. The second-order valence-electron chi connectivity index (χ2n) is 9.00. The average molecular weight is 559 g/mol. The molecule has 1 aromatic heterocycles. The normalized spacial score (nSPS) is 14.9. The van der Waals surface area contributed by atoms with Gasteiger partial charge in [0.25, 0.3) is 5.56 Å². The lowest BCUT2D eigenvalue weighted by atomic mass is 9.96. The van der Waals surface area contributed by atoms with Crippen molar-refractivity contribution >= 4 is 23.4 Å². The second kappa shape index (κ2) is 11.7. The van der Waals surface area contributed by atoms with Crippen molar-refractivity contribution in [2.24, 2.45) is 4.99 Å². The molecule has 0 saturated heterocycles. The number of esters is 1. The minimum atomic E-state index is -0.666. The first kappa shape index (κ1) is 27.1. The van der Waals surface area contributed by atoms with Crippen molar-refractivity contribution in [1.82, 2.24) is 4.57 Å². The summed E-state index contributed by atoms with van der Waals surface area (Å²) in [4.78, 5) is 31.6. The summed E-state index contributed by atoms with van der Waals surface area (Å²) in [5, 5.41) is 0. The lowest BCUT2D eigenvalue weighted by Crippen LogP contribution is -2.39. The van der Waals surface area contributed by atoms with Gasteiger partial charge in [0, 0.05) is 5.56 Å². The largest absolute Gasteiger partial charge is 0.490 e. The summed E-state index contributed by atoms with van der Waals surface area (Å²) in [5.74, 6) is 0.0704. The number of carbonyl (C=O) groups is 1. The molecule has 0 radical (unpaired) electrons. The number of benzene rings is 3. The van der Waals surface area contributed by atoms with Crippen LogP contribution in [0.25, 0.3) is 6.08 Å². The summed E-state index contributed by atoms with van der Waals surface area (Å²) in [5.41, 5.74) is 2.48. The maximum atomic E-state index is 14.0. The number of thiazole rings is 1. The topological polar surface area (TPSA) is 79.1 Å². The van der Waals surface area contributed by atoms with E-state index in [1.165, 1.54) is 24.5 Å². The van der Waals surface area contributed by atoms with E-state index in [2.05, 4.69) is 4.99 Å². The number of allylic oxidation sites excluding steroid dienone is 1. The Kier molecular flexibility index (Phi) is 7.93. The van der Waals surface area contributed by atoms with Gasteiger partial charge in [-0.05, 0) is 49.2 Å². The van der Waals surface area contributed by atoms with Gasteiger partial charge in [0.05, 0.1) is 35.6 Å². The van der Waals surface area contributed by atoms with Crippen LogP contribution in [0.3, 0.4) is 0 Å². The fraction of sp³-hybridized carbons (Fsp3) is 0.194. The van der Waals surface area contributed by atoms with Gasteiger partial charge in [0.15, 0.2) is 16.3 Å². The monoisotopic (exact) mass is 558 g/mol. The summed E-state index contributed by atoms with van der Waals surface area (Å²) in [6.45, 7) is 4.05. The third kappa shape index (κ3) is 5.33. The second-order valence-corrected chi connectivity index (χ2v) is 10.0. The smallest absolute Gasteiger partial charge is 0.338 e. The number of fused-ring (bicyclic) bond motifs is 1. The lowest BCUT2D eigenvalue weighted by Gasteiger charge is -2.24. The summed E-state index contributed by atoms with van der Waals surface area (Å²) in [7, 11) is 1.31. The average Bonchev–Trinajstić information content (AvgIpc) is 3.26. The quantitative estimate of drug-likeness (QED) is 0.297. The van der Waals surface area contributed by atoms with Gasteiger partial charge < -0.3 is 14.2 Å². The van der Waals surface area contributed by atoms with Gasteiger partial charge in [-0.15, -0.1) is 0 Å². The summed E-state index contributed by atoms with van der Waals surface area (Å²) in [6.07, 6.45) is 1.76. The Labute approximate surface area is 234 Å². The zero-order valence-electron chi connectivity index (χ0n) is 22.2. The van der Waals surface area contributed by atoms with Gasteiger partial charge in [-0.3, -0.25) is 9.36 Å². The number of ether oxygens (including phenoxy) is 3.